The summed E-state index contributed by atoms with van der Waals surface area (Å²) in [4.78, 5) is 8.55. The van der Waals surface area contributed by atoms with Gasteiger partial charge < -0.3 is 19.8 Å². The van der Waals surface area contributed by atoms with Gasteiger partial charge >= 0.3 is 0 Å². The number of aromatic nitrogens is 1. The molecule has 1 aromatic carbocycles. The number of hydrogen-bond donors (Lipinski definition) is 2. The maximum Gasteiger partial charge on any atom is 0.214 e. The van der Waals surface area contributed by atoms with Gasteiger partial charge in [-0.05, 0) is 19.9 Å². The van der Waals surface area contributed by atoms with Crippen molar-refractivity contribution in [2.75, 3.05) is 13.7 Å². The topological polar surface area (TPSA) is 71.7 Å². The summed E-state index contributed by atoms with van der Waals surface area (Å²) in [5.41, 5.74) is 1.95. The molecule has 1 heterocycles. The predicted octanol–water partition coefficient (Wildman–Crippen LogP) is 2.72. The molecule has 0 fully saturated rings. The van der Waals surface area contributed by atoms with E-state index >= 15 is 0 Å². The van der Waals surface area contributed by atoms with Crippen molar-refractivity contribution in [3.8, 4) is 5.75 Å². The SMILES string of the molecule is C=CCOc1ccccc1CNC(=NC)NCc1nc(C)c(C)o1. The van der Waals surface area contributed by atoms with E-state index in [4.69, 9.17) is 9.15 Å². The molecule has 6 nitrogen and oxygen atoms in total. The van der Waals surface area contributed by atoms with E-state index in [0.717, 1.165) is 22.8 Å². The summed E-state index contributed by atoms with van der Waals surface area (Å²) in [6, 6.07) is 7.88. The quantitative estimate of drug-likeness (QED) is 0.464. The van der Waals surface area contributed by atoms with E-state index in [2.05, 4.69) is 27.2 Å². The van der Waals surface area contributed by atoms with Crippen LogP contribution in [-0.2, 0) is 13.1 Å². The standard InChI is InChI=1S/C18H24N4O2/c1-5-10-23-16-9-7-6-8-15(16)11-20-18(19-4)21-12-17-22-13(2)14(3)24-17/h5-9H,1,10-12H2,2-4H3,(H2,19,20,21). The molecular weight excluding hydrogens is 304 g/mol. The Morgan fingerprint density at radius 1 is 1.29 bits per heavy atom. The Morgan fingerprint density at radius 3 is 2.71 bits per heavy atom. The molecule has 0 bridgehead atoms. The van der Waals surface area contributed by atoms with Gasteiger partial charge in [-0.3, -0.25) is 4.99 Å². The molecule has 2 rings (SSSR count). The molecule has 0 spiro atoms. The minimum atomic E-state index is 0.475. The van der Waals surface area contributed by atoms with Crippen molar-refractivity contribution >= 4 is 5.96 Å². The maximum atomic E-state index is 5.65. The maximum absolute atomic E-state index is 5.65. The van der Waals surface area contributed by atoms with E-state index in [1.54, 1.807) is 13.1 Å². The van der Waals surface area contributed by atoms with Gasteiger partial charge in [-0.15, -0.1) is 0 Å². The Bertz CT molecular complexity index is 687. The zero-order valence-electron chi connectivity index (χ0n) is 14.4. The van der Waals surface area contributed by atoms with Crippen LogP contribution < -0.4 is 15.4 Å². The van der Waals surface area contributed by atoms with Crippen molar-refractivity contribution in [2.24, 2.45) is 4.99 Å². The molecule has 0 atom stereocenters. The Balaban J connectivity index is 1.90. The highest BCUT2D eigenvalue weighted by molar-refractivity contribution is 5.79. The van der Waals surface area contributed by atoms with E-state index in [0.29, 0.717) is 31.5 Å². The number of para-hydroxylation sites is 1. The van der Waals surface area contributed by atoms with Crippen LogP contribution in [0.4, 0.5) is 0 Å². The molecule has 2 aromatic rings. The van der Waals surface area contributed by atoms with Gasteiger partial charge in [0.25, 0.3) is 0 Å². The minimum Gasteiger partial charge on any atom is -0.489 e. The fourth-order valence-corrected chi connectivity index (χ4v) is 2.11. The van der Waals surface area contributed by atoms with Gasteiger partial charge in [-0.1, -0.05) is 30.9 Å². The van der Waals surface area contributed by atoms with Crippen LogP contribution in [0.5, 0.6) is 5.75 Å². The third-order valence-corrected chi connectivity index (χ3v) is 3.48. The van der Waals surface area contributed by atoms with Crippen LogP contribution in [0.3, 0.4) is 0 Å². The molecule has 2 N–H and O–H groups in total. The van der Waals surface area contributed by atoms with Crippen molar-refractivity contribution in [3.05, 3.63) is 59.8 Å². The van der Waals surface area contributed by atoms with E-state index < -0.39 is 0 Å². The normalized spacial score (nSPS) is 11.2. The lowest BCUT2D eigenvalue weighted by Crippen LogP contribution is -2.36. The van der Waals surface area contributed by atoms with E-state index in [9.17, 15) is 0 Å². The van der Waals surface area contributed by atoms with Gasteiger partial charge in [0.05, 0.1) is 12.2 Å². The van der Waals surface area contributed by atoms with E-state index in [1.807, 2.05) is 38.1 Å². The number of rotatable bonds is 7. The number of oxazole rings is 1. The summed E-state index contributed by atoms with van der Waals surface area (Å²) in [6.07, 6.45) is 1.73. The monoisotopic (exact) mass is 328 g/mol. The molecule has 0 unspecified atom stereocenters. The molecule has 24 heavy (non-hydrogen) atoms. The van der Waals surface area contributed by atoms with Crippen LogP contribution in [-0.4, -0.2) is 24.6 Å². The number of guanidine groups is 1. The number of benzene rings is 1. The summed E-state index contributed by atoms with van der Waals surface area (Å²) in [6.45, 7) is 9.05. The molecule has 0 aliphatic rings. The fourth-order valence-electron chi connectivity index (χ4n) is 2.11. The summed E-state index contributed by atoms with van der Waals surface area (Å²) in [5.74, 6) is 2.98. The average molecular weight is 328 g/mol. The molecule has 0 saturated heterocycles. The second-order valence-electron chi connectivity index (χ2n) is 5.24. The Hall–Kier alpha value is -2.76. The molecule has 0 aliphatic carbocycles. The van der Waals surface area contributed by atoms with Gasteiger partial charge in [0.1, 0.15) is 18.1 Å². The zero-order valence-corrected chi connectivity index (χ0v) is 14.4. The lowest BCUT2D eigenvalue weighted by atomic mass is 10.2. The third-order valence-electron chi connectivity index (χ3n) is 3.48. The molecule has 0 amide bonds. The summed E-state index contributed by atoms with van der Waals surface area (Å²) in [5, 5.41) is 6.44. The van der Waals surface area contributed by atoms with Crippen LogP contribution in [0.1, 0.15) is 22.9 Å². The lowest BCUT2D eigenvalue weighted by molar-refractivity contribution is 0.358. The molecule has 0 radical (unpaired) electrons. The van der Waals surface area contributed by atoms with Crippen LogP contribution in [0, 0.1) is 13.8 Å². The number of nitrogens with zero attached hydrogens (tertiary/aromatic N) is 2. The van der Waals surface area contributed by atoms with Gasteiger partial charge in [-0.2, -0.15) is 0 Å². The molecule has 0 aliphatic heterocycles. The third kappa shape index (κ3) is 4.87. The first-order chi connectivity index (χ1) is 11.6. The van der Waals surface area contributed by atoms with E-state index in [-0.39, 0.29) is 0 Å². The van der Waals surface area contributed by atoms with E-state index in [1.165, 1.54) is 0 Å². The zero-order chi connectivity index (χ0) is 17.4. The van der Waals surface area contributed by atoms with Gasteiger partial charge in [0, 0.05) is 19.2 Å². The predicted molar refractivity (Wildman–Crippen MR) is 95.1 cm³/mol. The molecule has 1 aromatic heterocycles. The number of aryl methyl sites for hydroxylation is 2. The molecule has 128 valence electrons. The summed E-state index contributed by atoms with van der Waals surface area (Å²) < 4.78 is 11.2. The summed E-state index contributed by atoms with van der Waals surface area (Å²) >= 11 is 0. The van der Waals surface area contributed by atoms with Crippen LogP contribution in [0.25, 0.3) is 0 Å². The van der Waals surface area contributed by atoms with Crippen LogP contribution >= 0.6 is 0 Å². The first kappa shape index (κ1) is 17.6. The van der Waals surface area contributed by atoms with Gasteiger partial charge in [-0.25, -0.2) is 4.98 Å². The lowest BCUT2D eigenvalue weighted by Gasteiger charge is -2.13. The Labute approximate surface area is 142 Å². The first-order valence-electron chi connectivity index (χ1n) is 7.83. The Kier molecular flexibility index (Phi) is 6.42. The van der Waals surface area contributed by atoms with Crippen molar-refractivity contribution < 1.29 is 9.15 Å². The largest absolute Gasteiger partial charge is 0.489 e. The average Bonchev–Trinajstić information content (AvgIpc) is 2.92. The highest BCUT2D eigenvalue weighted by Gasteiger charge is 2.07. The molecular formula is C18H24N4O2. The smallest absolute Gasteiger partial charge is 0.214 e. The summed E-state index contributed by atoms with van der Waals surface area (Å²) in [7, 11) is 1.72. The minimum absolute atomic E-state index is 0.475. The second-order valence-corrected chi connectivity index (χ2v) is 5.24. The van der Waals surface area contributed by atoms with Gasteiger partial charge in [0.2, 0.25) is 5.89 Å². The molecule has 6 heteroatoms. The van der Waals surface area contributed by atoms with Crippen molar-refractivity contribution in [2.45, 2.75) is 26.9 Å². The second kappa shape index (κ2) is 8.76. The highest BCUT2D eigenvalue weighted by Crippen LogP contribution is 2.17. The van der Waals surface area contributed by atoms with Crippen molar-refractivity contribution in [1.82, 2.24) is 15.6 Å². The van der Waals surface area contributed by atoms with Crippen LogP contribution in [0.15, 0.2) is 46.3 Å². The number of aliphatic imine (C=N–C) groups is 1. The van der Waals surface area contributed by atoms with Crippen LogP contribution in [0.2, 0.25) is 0 Å². The number of ether oxygens (including phenoxy) is 1. The first-order valence-corrected chi connectivity index (χ1v) is 7.83. The fraction of sp³-hybridized carbons (Fsp3) is 0.333. The van der Waals surface area contributed by atoms with Gasteiger partial charge in [0.15, 0.2) is 5.96 Å². The number of hydrogen-bond acceptors (Lipinski definition) is 4. The molecule has 0 saturated carbocycles. The Morgan fingerprint density at radius 2 is 2.04 bits per heavy atom. The van der Waals surface area contributed by atoms with Crippen molar-refractivity contribution in [3.63, 3.8) is 0 Å². The number of nitrogens with one attached hydrogen (secondary N) is 2. The highest BCUT2D eigenvalue weighted by atomic mass is 16.5. The van der Waals surface area contributed by atoms with Crippen molar-refractivity contribution in [1.29, 1.82) is 0 Å².